The number of nitro benzene ring substituents is 1. The SMILES string of the molecule is C=C[C@@H]1C[C@]1(CC(=O)[C@@H]1C[C@@H](O)CN1C(=O)OC(C)(C)C)C(=O)OCC.C=C[C@@H]1C[C@]1(CC(=O)[C@@H]1C[C@H](OC(=O)c2ccc([N+](=O)[O-])cc2)CN1C(=O)OC(C)(C)C)C(=O)OCC. The zero-order chi connectivity index (χ0) is 47.2. The van der Waals surface area contributed by atoms with E-state index in [1.165, 1.54) is 34.1 Å². The third-order valence-corrected chi connectivity index (χ3v) is 11.3. The molecule has 1 aromatic carbocycles. The fraction of sp³-hybridized carbons (Fsp3) is 0.622. The molecule has 0 radical (unpaired) electrons. The number of nitro groups is 1. The van der Waals surface area contributed by atoms with E-state index in [0.29, 0.717) is 12.8 Å². The predicted octanol–water partition coefficient (Wildman–Crippen LogP) is 5.92. The highest BCUT2D eigenvalue weighted by Gasteiger charge is 2.62. The van der Waals surface area contributed by atoms with Crippen molar-refractivity contribution in [3.8, 4) is 0 Å². The Kier molecular flexibility index (Phi) is 15.7. The minimum atomic E-state index is -1.01. The molecule has 2 saturated heterocycles. The molecule has 2 heterocycles. The molecule has 4 aliphatic rings. The highest BCUT2D eigenvalue weighted by atomic mass is 16.6. The molecule has 2 aliphatic carbocycles. The van der Waals surface area contributed by atoms with E-state index in [4.69, 9.17) is 23.7 Å². The van der Waals surface area contributed by atoms with Gasteiger partial charge in [0.25, 0.3) is 5.69 Å². The Morgan fingerprint density at radius 1 is 0.762 bits per heavy atom. The Morgan fingerprint density at radius 2 is 1.19 bits per heavy atom. The van der Waals surface area contributed by atoms with Crippen molar-refractivity contribution in [2.75, 3.05) is 26.3 Å². The van der Waals surface area contributed by atoms with Gasteiger partial charge in [0, 0.05) is 37.8 Å². The molecular weight excluding hydrogens is 823 g/mol. The van der Waals surface area contributed by atoms with Crippen LogP contribution in [0.5, 0.6) is 0 Å². The van der Waals surface area contributed by atoms with Crippen molar-refractivity contribution in [1.82, 2.24) is 9.80 Å². The molecule has 63 heavy (non-hydrogen) atoms. The van der Waals surface area contributed by atoms with E-state index in [1.807, 2.05) is 0 Å². The number of β-amino-alcohol motifs (C(OH)–C–C–N with tert-alkyl or cyclic N) is 1. The number of likely N-dealkylation sites (tertiary alicyclic amines) is 2. The monoisotopic (exact) mass is 883 g/mol. The number of Topliss-reactive ketones (excluding diaryl/α,β-unsaturated/α-hetero) is 2. The molecule has 1 N–H and O–H groups in total. The molecular formula is C45H61N3O15. The molecule has 346 valence electrons. The second kappa shape index (κ2) is 19.8. The Morgan fingerprint density at radius 3 is 1.57 bits per heavy atom. The number of hydrogen-bond acceptors (Lipinski definition) is 15. The molecule has 0 spiro atoms. The number of amides is 2. The zero-order valence-corrected chi connectivity index (χ0v) is 37.4. The van der Waals surface area contributed by atoms with Gasteiger partial charge in [0.2, 0.25) is 0 Å². The zero-order valence-electron chi connectivity index (χ0n) is 37.4. The number of ether oxygens (including phenoxy) is 5. The maximum absolute atomic E-state index is 13.5. The van der Waals surface area contributed by atoms with Crippen LogP contribution < -0.4 is 0 Å². The number of benzene rings is 1. The summed E-state index contributed by atoms with van der Waals surface area (Å²) in [6.07, 6.45) is 1.26. The van der Waals surface area contributed by atoms with Gasteiger partial charge in [-0.1, -0.05) is 12.2 Å². The molecule has 18 heteroatoms. The van der Waals surface area contributed by atoms with Crippen molar-refractivity contribution in [3.63, 3.8) is 0 Å². The van der Waals surface area contributed by atoms with Crippen molar-refractivity contribution in [3.05, 3.63) is 65.3 Å². The molecule has 0 aromatic heterocycles. The van der Waals surface area contributed by atoms with E-state index < -0.39 is 81.3 Å². The fourth-order valence-electron chi connectivity index (χ4n) is 8.00. The molecule has 4 fully saturated rings. The maximum atomic E-state index is 13.5. The predicted molar refractivity (Wildman–Crippen MR) is 225 cm³/mol. The smallest absolute Gasteiger partial charge is 0.411 e. The summed E-state index contributed by atoms with van der Waals surface area (Å²) >= 11 is 0. The van der Waals surface area contributed by atoms with E-state index in [1.54, 1.807) is 67.5 Å². The standard InChI is InChI=1S/C26H32N2O9.C19H29NO6/c1-6-17-13-26(17,23(31)35-7-2)14-21(29)20-12-19(15-27(20)24(32)37-25(3,4)5)36-22(30)16-8-10-18(11-9-16)28(33)34;1-6-12-9-19(12,16(23)25-7-2)10-15(22)14-8-13(21)11-20(14)17(24)26-18(3,4)5/h6,8-11,17,19-20H,1,7,12-15H2,2-5H3;6,12-14,21H,1,7-11H2,2-5H3/t17-,19+,20+,26-;12-,13-,14+,19-/m11/s1. The average molecular weight is 884 g/mol. The van der Waals surface area contributed by atoms with Crippen LogP contribution in [0.2, 0.25) is 0 Å². The van der Waals surface area contributed by atoms with Crippen LogP contribution >= 0.6 is 0 Å². The van der Waals surface area contributed by atoms with Crippen LogP contribution in [0.3, 0.4) is 0 Å². The number of hydrogen-bond donors (Lipinski definition) is 1. The highest BCUT2D eigenvalue weighted by Crippen LogP contribution is 2.58. The summed E-state index contributed by atoms with van der Waals surface area (Å²) in [5.41, 5.74) is -3.50. The number of nitrogens with zero attached hydrogens (tertiary/aromatic N) is 3. The maximum Gasteiger partial charge on any atom is 0.411 e. The van der Waals surface area contributed by atoms with Gasteiger partial charge in [0.05, 0.1) is 65.8 Å². The molecule has 1 aromatic rings. The van der Waals surface area contributed by atoms with Crippen molar-refractivity contribution >= 4 is 47.3 Å². The van der Waals surface area contributed by atoms with Gasteiger partial charge in [0.1, 0.15) is 17.3 Å². The van der Waals surface area contributed by atoms with Crippen LogP contribution in [0.1, 0.15) is 104 Å². The third-order valence-electron chi connectivity index (χ3n) is 11.3. The average Bonchev–Trinajstić information content (AvgIpc) is 3.98. The van der Waals surface area contributed by atoms with Crippen LogP contribution in [-0.2, 0) is 42.9 Å². The van der Waals surface area contributed by atoms with Crippen LogP contribution in [0.15, 0.2) is 49.6 Å². The number of carbonyl (C=O) groups excluding carboxylic acids is 7. The lowest BCUT2D eigenvalue weighted by atomic mass is 9.92. The topological polar surface area (TPSA) is 235 Å². The first-order valence-electron chi connectivity index (χ1n) is 21.1. The lowest BCUT2D eigenvalue weighted by molar-refractivity contribution is -0.384. The molecule has 5 rings (SSSR count). The Labute approximate surface area is 367 Å². The summed E-state index contributed by atoms with van der Waals surface area (Å²) in [6, 6.07) is 3.15. The van der Waals surface area contributed by atoms with Gasteiger partial charge in [-0.25, -0.2) is 14.4 Å². The molecule has 2 saturated carbocycles. The Bertz CT molecular complexity index is 1950. The second-order valence-corrected chi connectivity index (χ2v) is 18.4. The summed E-state index contributed by atoms with van der Waals surface area (Å²) < 4.78 is 26.7. The number of rotatable bonds is 15. The minimum Gasteiger partial charge on any atom is -0.466 e. The van der Waals surface area contributed by atoms with Gasteiger partial charge in [-0.15, -0.1) is 13.2 Å². The van der Waals surface area contributed by atoms with Gasteiger partial charge < -0.3 is 28.8 Å². The summed E-state index contributed by atoms with van der Waals surface area (Å²) in [6.45, 7) is 21.5. The first-order valence-corrected chi connectivity index (χ1v) is 21.1. The van der Waals surface area contributed by atoms with Crippen LogP contribution in [0.25, 0.3) is 0 Å². The van der Waals surface area contributed by atoms with E-state index in [0.717, 1.165) is 0 Å². The number of ketones is 2. The van der Waals surface area contributed by atoms with E-state index in [2.05, 4.69) is 13.2 Å². The van der Waals surface area contributed by atoms with Gasteiger partial charge in [-0.2, -0.15) is 0 Å². The number of non-ortho nitro benzene ring substituents is 1. The lowest BCUT2D eigenvalue weighted by Gasteiger charge is -2.28. The summed E-state index contributed by atoms with van der Waals surface area (Å²) in [5.74, 6) is -2.55. The van der Waals surface area contributed by atoms with Crippen molar-refractivity contribution < 1.29 is 67.3 Å². The van der Waals surface area contributed by atoms with Crippen LogP contribution in [-0.4, -0.2) is 123 Å². The highest BCUT2D eigenvalue weighted by molar-refractivity contribution is 5.95. The number of aliphatic hydroxyl groups excluding tert-OH is 1. The van der Waals surface area contributed by atoms with Crippen molar-refractivity contribution in [2.24, 2.45) is 22.7 Å². The first kappa shape index (κ1) is 50.0. The molecule has 18 nitrogen and oxygen atoms in total. The van der Waals surface area contributed by atoms with Crippen molar-refractivity contribution in [2.45, 2.75) is 129 Å². The quantitative estimate of drug-likeness (QED) is 0.0708. The number of esters is 3. The van der Waals surface area contributed by atoms with E-state index in [9.17, 15) is 48.8 Å². The number of allylic oxidation sites excluding steroid dienone is 2. The van der Waals surface area contributed by atoms with Gasteiger partial charge >= 0.3 is 30.1 Å². The van der Waals surface area contributed by atoms with Crippen LogP contribution in [0.4, 0.5) is 15.3 Å². The molecule has 0 bridgehead atoms. The molecule has 2 amide bonds. The van der Waals surface area contributed by atoms with Gasteiger partial charge in [-0.05, 0) is 92.2 Å². The summed E-state index contributed by atoms with van der Waals surface area (Å²) in [4.78, 5) is 102. The largest absolute Gasteiger partial charge is 0.466 e. The molecule has 2 aliphatic heterocycles. The van der Waals surface area contributed by atoms with E-state index >= 15 is 0 Å². The fourth-order valence-corrected chi connectivity index (χ4v) is 8.00. The third kappa shape index (κ3) is 12.3. The second-order valence-electron chi connectivity index (χ2n) is 18.4. The first-order chi connectivity index (χ1) is 29.3. The Balaban J connectivity index is 0.000000294. The lowest BCUT2D eigenvalue weighted by Crippen LogP contribution is -2.44. The number of carbonyl (C=O) groups is 7. The number of aliphatic hydroxyl groups is 1. The minimum absolute atomic E-state index is 0.0223. The molecule has 8 atom stereocenters. The Hall–Kier alpha value is -5.65. The van der Waals surface area contributed by atoms with E-state index in [-0.39, 0.29) is 86.6 Å². The van der Waals surface area contributed by atoms with Crippen molar-refractivity contribution in [1.29, 1.82) is 0 Å². The molecule has 0 unspecified atom stereocenters. The summed E-state index contributed by atoms with van der Waals surface area (Å²) in [5, 5.41) is 20.8. The van der Waals surface area contributed by atoms with Crippen LogP contribution in [0, 0.1) is 32.8 Å². The summed E-state index contributed by atoms with van der Waals surface area (Å²) in [7, 11) is 0. The van der Waals surface area contributed by atoms with Gasteiger partial charge in [-0.3, -0.25) is 39.1 Å². The van der Waals surface area contributed by atoms with Gasteiger partial charge in [0.15, 0.2) is 11.6 Å². The normalized spacial score (nSPS) is 27.1.